The lowest BCUT2D eigenvalue weighted by molar-refractivity contribution is 0.0954. The van der Waals surface area contributed by atoms with E-state index in [0.717, 1.165) is 0 Å². The number of benzene rings is 2. The largest absolute Gasteiger partial charge is 0.507 e. The molecule has 2 aromatic carbocycles. The molecule has 0 spiro atoms. The van der Waals surface area contributed by atoms with Gasteiger partial charge in [0, 0.05) is 12.8 Å². The molecule has 0 saturated carbocycles. The molecule has 0 fully saturated rings. The summed E-state index contributed by atoms with van der Waals surface area (Å²) < 4.78 is 10.1. The minimum Gasteiger partial charge on any atom is -0.507 e. The van der Waals surface area contributed by atoms with Crippen LogP contribution in [0.15, 0.2) is 36.4 Å². The molecular formula is C19H20O6. The molecule has 0 aromatic heterocycles. The number of aromatic hydroxyl groups is 2. The highest BCUT2D eigenvalue weighted by molar-refractivity contribution is 6.01. The number of hydrogen-bond acceptors (Lipinski definition) is 6. The van der Waals surface area contributed by atoms with Crippen molar-refractivity contribution in [2.24, 2.45) is 0 Å². The van der Waals surface area contributed by atoms with E-state index in [1.807, 2.05) is 0 Å². The number of carbonyl (C=O) groups is 2. The van der Waals surface area contributed by atoms with Crippen molar-refractivity contribution in [1.29, 1.82) is 0 Å². The third-order valence-electron chi connectivity index (χ3n) is 3.82. The van der Waals surface area contributed by atoms with Gasteiger partial charge in [-0.15, -0.1) is 0 Å². The lowest BCUT2D eigenvalue weighted by Gasteiger charge is -2.08. The predicted molar refractivity (Wildman–Crippen MR) is 91.8 cm³/mol. The molecule has 0 aliphatic rings. The summed E-state index contributed by atoms with van der Waals surface area (Å²) in [4.78, 5) is 24.4. The second kappa shape index (κ2) is 8.19. The Morgan fingerprint density at radius 3 is 1.56 bits per heavy atom. The molecule has 6 heteroatoms. The number of ketones is 2. The van der Waals surface area contributed by atoms with Gasteiger partial charge < -0.3 is 19.7 Å². The van der Waals surface area contributed by atoms with Crippen LogP contribution in [0.1, 0.15) is 40.0 Å². The molecular weight excluding hydrogens is 324 g/mol. The van der Waals surface area contributed by atoms with Crippen molar-refractivity contribution in [1.82, 2.24) is 0 Å². The Bertz CT molecular complexity index is 716. The molecule has 0 atom stereocenters. The van der Waals surface area contributed by atoms with E-state index >= 15 is 0 Å². The average Bonchev–Trinajstić information content (AvgIpc) is 2.62. The zero-order chi connectivity index (χ0) is 18.4. The van der Waals surface area contributed by atoms with Gasteiger partial charge in [-0.05, 0) is 42.8 Å². The molecule has 132 valence electrons. The van der Waals surface area contributed by atoms with Gasteiger partial charge >= 0.3 is 0 Å². The minimum absolute atomic E-state index is 0.0944. The zero-order valence-electron chi connectivity index (χ0n) is 14.1. The highest BCUT2D eigenvalue weighted by atomic mass is 16.5. The molecule has 0 heterocycles. The number of ether oxygens (including phenoxy) is 2. The van der Waals surface area contributed by atoms with Gasteiger partial charge in [-0.2, -0.15) is 0 Å². The first-order valence-corrected chi connectivity index (χ1v) is 7.76. The first kappa shape index (κ1) is 18.3. The molecule has 0 aliphatic heterocycles. The van der Waals surface area contributed by atoms with Gasteiger partial charge in [0.05, 0.1) is 25.3 Å². The fraction of sp³-hybridized carbons (Fsp3) is 0.263. The molecule has 0 saturated heterocycles. The molecule has 0 aliphatic carbocycles. The Kier molecular flexibility index (Phi) is 6.00. The van der Waals surface area contributed by atoms with E-state index in [4.69, 9.17) is 9.47 Å². The SMILES string of the molecule is COc1ccc(O)c(C(=O)CCCC(=O)c2cc(OC)ccc2O)c1. The molecule has 6 nitrogen and oxygen atoms in total. The first-order valence-electron chi connectivity index (χ1n) is 7.76. The van der Waals surface area contributed by atoms with Gasteiger partial charge in [-0.3, -0.25) is 9.59 Å². The Morgan fingerprint density at radius 1 is 0.800 bits per heavy atom. The van der Waals surface area contributed by atoms with E-state index in [9.17, 15) is 19.8 Å². The maximum atomic E-state index is 12.2. The summed E-state index contributed by atoms with van der Waals surface area (Å²) >= 11 is 0. The number of methoxy groups -OCH3 is 2. The monoisotopic (exact) mass is 344 g/mol. The Hall–Kier alpha value is -3.02. The summed E-state index contributed by atoms with van der Waals surface area (Å²) in [5.41, 5.74) is 0.326. The topological polar surface area (TPSA) is 93.1 Å². The number of rotatable bonds is 8. The maximum absolute atomic E-state index is 12.2. The zero-order valence-corrected chi connectivity index (χ0v) is 14.1. The van der Waals surface area contributed by atoms with Crippen molar-refractivity contribution >= 4 is 11.6 Å². The van der Waals surface area contributed by atoms with Crippen LogP contribution in [0.2, 0.25) is 0 Å². The Balaban J connectivity index is 1.98. The van der Waals surface area contributed by atoms with E-state index in [0.29, 0.717) is 17.9 Å². The number of hydrogen-bond donors (Lipinski definition) is 2. The minimum atomic E-state index is -0.279. The molecule has 0 amide bonds. The van der Waals surface area contributed by atoms with Crippen LogP contribution in [0, 0.1) is 0 Å². The fourth-order valence-electron chi connectivity index (χ4n) is 2.41. The summed E-state index contributed by atoms with van der Waals surface area (Å²) in [5.74, 6) is 0.139. The van der Waals surface area contributed by atoms with Crippen LogP contribution in [0.4, 0.5) is 0 Å². The van der Waals surface area contributed by atoms with Crippen molar-refractivity contribution in [3.8, 4) is 23.0 Å². The number of carbonyl (C=O) groups excluding carboxylic acids is 2. The highest BCUT2D eigenvalue weighted by Gasteiger charge is 2.16. The summed E-state index contributed by atoms with van der Waals surface area (Å²) in [6.07, 6.45) is 0.485. The van der Waals surface area contributed by atoms with Gasteiger partial charge in [0.15, 0.2) is 11.6 Å². The van der Waals surface area contributed by atoms with Gasteiger partial charge in [-0.1, -0.05) is 0 Å². The van der Waals surface area contributed by atoms with Crippen molar-refractivity contribution in [3.63, 3.8) is 0 Å². The van der Waals surface area contributed by atoms with E-state index in [-0.39, 0.29) is 47.0 Å². The van der Waals surface area contributed by atoms with Crippen LogP contribution >= 0.6 is 0 Å². The van der Waals surface area contributed by atoms with E-state index in [1.54, 1.807) is 12.1 Å². The van der Waals surface area contributed by atoms with Crippen molar-refractivity contribution < 1.29 is 29.3 Å². The van der Waals surface area contributed by atoms with Crippen LogP contribution in [0.3, 0.4) is 0 Å². The molecule has 0 radical (unpaired) electrons. The number of phenols is 2. The van der Waals surface area contributed by atoms with Crippen LogP contribution in [0.5, 0.6) is 23.0 Å². The van der Waals surface area contributed by atoms with Gasteiger partial charge in [0.1, 0.15) is 23.0 Å². The molecule has 2 rings (SSSR count). The van der Waals surface area contributed by atoms with Gasteiger partial charge in [0.25, 0.3) is 0 Å². The first-order chi connectivity index (χ1) is 12.0. The molecule has 25 heavy (non-hydrogen) atoms. The second-order valence-corrected chi connectivity index (χ2v) is 5.47. The summed E-state index contributed by atoms with van der Waals surface area (Å²) in [5, 5.41) is 19.6. The summed E-state index contributed by atoms with van der Waals surface area (Å²) in [6, 6.07) is 8.83. The average molecular weight is 344 g/mol. The third-order valence-corrected chi connectivity index (χ3v) is 3.82. The lowest BCUT2D eigenvalue weighted by Crippen LogP contribution is -2.04. The summed E-state index contributed by atoms with van der Waals surface area (Å²) in [6.45, 7) is 0. The van der Waals surface area contributed by atoms with Crippen LogP contribution < -0.4 is 9.47 Å². The predicted octanol–water partition coefficient (Wildman–Crippen LogP) is 3.35. The van der Waals surface area contributed by atoms with Crippen LogP contribution in [0.25, 0.3) is 0 Å². The van der Waals surface area contributed by atoms with Gasteiger partial charge in [0.2, 0.25) is 0 Å². The molecule has 2 aromatic rings. The normalized spacial score (nSPS) is 10.3. The number of phenolic OH excluding ortho intramolecular Hbond substituents is 2. The summed E-state index contributed by atoms with van der Waals surface area (Å²) in [7, 11) is 2.94. The second-order valence-electron chi connectivity index (χ2n) is 5.47. The van der Waals surface area contributed by atoms with Gasteiger partial charge in [-0.25, -0.2) is 0 Å². The fourth-order valence-corrected chi connectivity index (χ4v) is 2.41. The van der Waals surface area contributed by atoms with Crippen molar-refractivity contribution in [2.45, 2.75) is 19.3 Å². The van der Waals surface area contributed by atoms with E-state index in [1.165, 1.54) is 38.5 Å². The lowest BCUT2D eigenvalue weighted by atomic mass is 10.0. The smallest absolute Gasteiger partial charge is 0.166 e. The van der Waals surface area contributed by atoms with Crippen LogP contribution in [-0.2, 0) is 0 Å². The molecule has 0 bridgehead atoms. The third kappa shape index (κ3) is 4.50. The quantitative estimate of drug-likeness (QED) is 0.713. The van der Waals surface area contributed by atoms with E-state index in [2.05, 4.69) is 0 Å². The maximum Gasteiger partial charge on any atom is 0.166 e. The highest BCUT2D eigenvalue weighted by Crippen LogP contribution is 2.26. The number of Topliss-reactive ketones (excluding diaryl/α,β-unsaturated/α-hetero) is 2. The Morgan fingerprint density at radius 2 is 1.20 bits per heavy atom. The van der Waals surface area contributed by atoms with E-state index < -0.39 is 0 Å². The standard InChI is InChI=1S/C19H20O6/c1-24-12-6-8-18(22)14(10-12)16(20)4-3-5-17(21)15-11-13(25-2)7-9-19(15)23/h6-11,22-23H,3-5H2,1-2H3. The van der Waals surface area contributed by atoms with Crippen LogP contribution in [-0.4, -0.2) is 36.0 Å². The molecule has 0 unspecified atom stereocenters. The van der Waals surface area contributed by atoms with Crippen molar-refractivity contribution in [2.75, 3.05) is 14.2 Å². The molecule has 2 N–H and O–H groups in total. The van der Waals surface area contributed by atoms with Crippen molar-refractivity contribution in [3.05, 3.63) is 47.5 Å². The Labute approximate surface area is 145 Å².